The second-order valence-electron chi connectivity index (χ2n) is 7.34. The zero-order valence-corrected chi connectivity index (χ0v) is 12.7. The van der Waals surface area contributed by atoms with Gasteiger partial charge in [0.25, 0.3) is 0 Å². The fourth-order valence-electron chi connectivity index (χ4n) is 3.42. The Morgan fingerprint density at radius 2 is 1.78 bits per heavy atom. The summed E-state index contributed by atoms with van der Waals surface area (Å²) in [6.07, 6.45) is 2.72. The molecule has 2 aliphatic rings. The second-order valence-corrected chi connectivity index (χ2v) is 7.34. The maximum absolute atomic E-state index is 3.45. The van der Waals surface area contributed by atoms with Gasteiger partial charge in [-0.3, -0.25) is 4.90 Å². The molecule has 2 aliphatic heterocycles. The van der Waals surface area contributed by atoms with Crippen LogP contribution in [0.15, 0.2) is 0 Å². The molecular formula is C15H31N3. The number of hydrogen-bond acceptors (Lipinski definition) is 3. The molecule has 0 aliphatic carbocycles. The van der Waals surface area contributed by atoms with Gasteiger partial charge in [0.05, 0.1) is 0 Å². The van der Waals surface area contributed by atoms with Crippen molar-refractivity contribution in [2.24, 2.45) is 5.41 Å². The summed E-state index contributed by atoms with van der Waals surface area (Å²) in [5.74, 6) is 0. The van der Waals surface area contributed by atoms with E-state index in [4.69, 9.17) is 0 Å². The standard InChI is InChI=1S/C15H31N3/c1-13-11-14(17-9-6-16-7-10-17)5-8-18(13)12-15(2,3)4/h13-14,16H,5-12H2,1-4H3/t13-,14?/m0/s1. The van der Waals surface area contributed by atoms with Crippen molar-refractivity contribution in [2.75, 3.05) is 39.3 Å². The van der Waals surface area contributed by atoms with Gasteiger partial charge in [0.15, 0.2) is 0 Å². The highest BCUT2D eigenvalue weighted by Gasteiger charge is 2.31. The maximum atomic E-state index is 3.45. The van der Waals surface area contributed by atoms with Crippen LogP contribution in [0.25, 0.3) is 0 Å². The van der Waals surface area contributed by atoms with Crippen molar-refractivity contribution in [2.45, 2.75) is 52.6 Å². The van der Waals surface area contributed by atoms with Gasteiger partial charge in [-0.1, -0.05) is 20.8 Å². The van der Waals surface area contributed by atoms with E-state index in [1.54, 1.807) is 0 Å². The first-order chi connectivity index (χ1) is 8.46. The first-order valence-corrected chi connectivity index (χ1v) is 7.64. The second kappa shape index (κ2) is 5.89. The maximum Gasteiger partial charge on any atom is 0.0123 e. The van der Waals surface area contributed by atoms with Crippen molar-refractivity contribution >= 4 is 0 Å². The summed E-state index contributed by atoms with van der Waals surface area (Å²) in [4.78, 5) is 5.40. The van der Waals surface area contributed by atoms with Crippen molar-refractivity contribution in [3.05, 3.63) is 0 Å². The molecule has 0 aromatic carbocycles. The lowest BCUT2D eigenvalue weighted by atomic mass is 9.91. The van der Waals surface area contributed by atoms with Gasteiger partial charge in [-0.05, 0) is 31.7 Å². The van der Waals surface area contributed by atoms with Gasteiger partial charge in [0.2, 0.25) is 0 Å². The van der Waals surface area contributed by atoms with Gasteiger partial charge >= 0.3 is 0 Å². The van der Waals surface area contributed by atoms with Crippen LogP contribution in [-0.2, 0) is 0 Å². The summed E-state index contributed by atoms with van der Waals surface area (Å²) in [6.45, 7) is 16.8. The molecule has 0 bridgehead atoms. The highest BCUT2D eigenvalue weighted by atomic mass is 15.2. The van der Waals surface area contributed by atoms with Gasteiger partial charge in [0.1, 0.15) is 0 Å². The zero-order valence-electron chi connectivity index (χ0n) is 12.7. The number of piperazine rings is 1. The molecule has 0 saturated carbocycles. The molecule has 2 rings (SSSR count). The third-order valence-electron chi connectivity index (χ3n) is 4.33. The summed E-state index contributed by atoms with van der Waals surface area (Å²) in [7, 11) is 0. The molecule has 18 heavy (non-hydrogen) atoms. The smallest absolute Gasteiger partial charge is 0.0123 e. The molecule has 1 N–H and O–H groups in total. The quantitative estimate of drug-likeness (QED) is 0.809. The fraction of sp³-hybridized carbons (Fsp3) is 1.00. The van der Waals surface area contributed by atoms with E-state index in [1.807, 2.05) is 0 Å². The van der Waals surface area contributed by atoms with Crippen molar-refractivity contribution in [1.29, 1.82) is 0 Å². The minimum Gasteiger partial charge on any atom is -0.314 e. The van der Waals surface area contributed by atoms with E-state index in [1.165, 1.54) is 52.1 Å². The van der Waals surface area contributed by atoms with Crippen LogP contribution in [0, 0.1) is 5.41 Å². The number of piperidine rings is 1. The first kappa shape index (κ1) is 14.3. The molecule has 3 nitrogen and oxygen atoms in total. The molecule has 2 atom stereocenters. The largest absolute Gasteiger partial charge is 0.314 e. The van der Waals surface area contributed by atoms with E-state index in [0.717, 1.165) is 12.1 Å². The molecule has 2 heterocycles. The van der Waals surface area contributed by atoms with Crippen molar-refractivity contribution in [1.82, 2.24) is 15.1 Å². The molecule has 3 heteroatoms. The predicted molar refractivity (Wildman–Crippen MR) is 78.0 cm³/mol. The van der Waals surface area contributed by atoms with Gasteiger partial charge in [-0.25, -0.2) is 0 Å². The van der Waals surface area contributed by atoms with E-state index in [0.29, 0.717) is 5.41 Å². The van der Waals surface area contributed by atoms with Crippen LogP contribution in [0.4, 0.5) is 0 Å². The molecule has 0 aromatic rings. The minimum absolute atomic E-state index is 0.427. The molecule has 2 saturated heterocycles. The average Bonchev–Trinajstić information content (AvgIpc) is 2.31. The Balaban J connectivity index is 1.83. The van der Waals surface area contributed by atoms with Crippen molar-refractivity contribution in [3.8, 4) is 0 Å². The number of rotatable bonds is 2. The Morgan fingerprint density at radius 1 is 1.11 bits per heavy atom. The van der Waals surface area contributed by atoms with E-state index < -0.39 is 0 Å². The molecule has 106 valence electrons. The monoisotopic (exact) mass is 253 g/mol. The Morgan fingerprint density at radius 3 is 2.33 bits per heavy atom. The summed E-state index contributed by atoms with van der Waals surface area (Å²) >= 11 is 0. The van der Waals surface area contributed by atoms with Gasteiger partial charge in [-0.2, -0.15) is 0 Å². The summed E-state index contributed by atoms with van der Waals surface area (Å²) < 4.78 is 0. The number of likely N-dealkylation sites (tertiary alicyclic amines) is 1. The van der Waals surface area contributed by atoms with Crippen LogP contribution in [0.5, 0.6) is 0 Å². The number of nitrogens with one attached hydrogen (secondary N) is 1. The van der Waals surface area contributed by atoms with E-state index in [2.05, 4.69) is 42.8 Å². The predicted octanol–water partition coefficient (Wildman–Crippen LogP) is 1.79. The number of nitrogens with zero attached hydrogens (tertiary/aromatic N) is 2. The molecule has 0 aromatic heterocycles. The molecule has 0 radical (unpaired) electrons. The van der Waals surface area contributed by atoms with Crippen LogP contribution in [-0.4, -0.2) is 61.2 Å². The van der Waals surface area contributed by atoms with E-state index in [9.17, 15) is 0 Å². The molecule has 1 unspecified atom stereocenters. The first-order valence-electron chi connectivity index (χ1n) is 7.64. The van der Waals surface area contributed by atoms with Crippen LogP contribution in [0.3, 0.4) is 0 Å². The lowest BCUT2D eigenvalue weighted by Crippen LogP contribution is -2.54. The van der Waals surface area contributed by atoms with Crippen LogP contribution in [0.1, 0.15) is 40.5 Å². The van der Waals surface area contributed by atoms with Gasteiger partial charge in [0, 0.05) is 44.8 Å². The van der Waals surface area contributed by atoms with Crippen molar-refractivity contribution in [3.63, 3.8) is 0 Å². The Bertz CT molecular complexity index is 253. The SMILES string of the molecule is C[C@H]1CC(N2CCNCC2)CCN1CC(C)(C)C. The third kappa shape index (κ3) is 3.94. The molecule has 2 fully saturated rings. The lowest BCUT2D eigenvalue weighted by molar-refractivity contribution is 0.0469. The normalized spacial score (nSPS) is 32.7. The number of hydrogen-bond donors (Lipinski definition) is 1. The highest BCUT2D eigenvalue weighted by molar-refractivity contribution is 4.87. The van der Waals surface area contributed by atoms with E-state index >= 15 is 0 Å². The minimum atomic E-state index is 0.427. The van der Waals surface area contributed by atoms with Gasteiger partial charge in [-0.15, -0.1) is 0 Å². The van der Waals surface area contributed by atoms with Crippen molar-refractivity contribution < 1.29 is 0 Å². The van der Waals surface area contributed by atoms with Crippen LogP contribution >= 0.6 is 0 Å². The Hall–Kier alpha value is -0.120. The van der Waals surface area contributed by atoms with Crippen LogP contribution < -0.4 is 5.32 Å². The highest BCUT2D eigenvalue weighted by Crippen LogP contribution is 2.25. The summed E-state index contributed by atoms with van der Waals surface area (Å²) in [5.41, 5.74) is 0.427. The Labute approximate surface area is 113 Å². The lowest BCUT2D eigenvalue weighted by Gasteiger charge is -2.45. The molecule has 0 amide bonds. The third-order valence-corrected chi connectivity index (χ3v) is 4.33. The summed E-state index contributed by atoms with van der Waals surface area (Å²) in [6, 6.07) is 1.58. The summed E-state index contributed by atoms with van der Waals surface area (Å²) in [5, 5.41) is 3.45. The van der Waals surface area contributed by atoms with E-state index in [-0.39, 0.29) is 0 Å². The zero-order chi connectivity index (χ0) is 13.2. The fourth-order valence-corrected chi connectivity index (χ4v) is 3.42. The average molecular weight is 253 g/mol. The van der Waals surface area contributed by atoms with Crippen LogP contribution in [0.2, 0.25) is 0 Å². The van der Waals surface area contributed by atoms with Gasteiger partial charge < -0.3 is 10.2 Å². The molecule has 0 spiro atoms. The molecular weight excluding hydrogens is 222 g/mol. The topological polar surface area (TPSA) is 18.5 Å². The Kier molecular flexibility index (Phi) is 4.68.